The zero-order valence-electron chi connectivity index (χ0n) is 17.0. The molecule has 0 aliphatic heterocycles. The van der Waals surface area contributed by atoms with Gasteiger partial charge in [-0.2, -0.15) is 0 Å². The lowest BCUT2D eigenvalue weighted by atomic mass is 10.2. The molecule has 4 aromatic heterocycles. The number of rotatable bonds is 4. The number of hydrogen-bond acceptors (Lipinski definition) is 6. The van der Waals surface area contributed by atoms with Gasteiger partial charge in [0.15, 0.2) is 21.5 Å². The second-order valence-corrected chi connectivity index (χ2v) is 9.61. The molecule has 0 aliphatic carbocycles. The van der Waals surface area contributed by atoms with Crippen molar-refractivity contribution in [1.29, 1.82) is 0 Å². The Kier molecular flexibility index (Phi) is 4.29. The van der Waals surface area contributed by atoms with Gasteiger partial charge in [-0.15, -0.1) is 16.4 Å². The monoisotopic (exact) mass is 442 g/mol. The number of aryl methyl sites for hydroxylation is 1. The molecule has 6 nitrogen and oxygen atoms in total. The van der Waals surface area contributed by atoms with Crippen molar-refractivity contribution in [1.82, 2.24) is 29.1 Å². The van der Waals surface area contributed by atoms with E-state index in [0.29, 0.717) is 5.75 Å². The van der Waals surface area contributed by atoms with Gasteiger partial charge in [-0.1, -0.05) is 42.1 Å². The molecule has 0 bridgehead atoms. The summed E-state index contributed by atoms with van der Waals surface area (Å²) >= 11 is 3.38. The maximum Gasteiger partial charge on any atom is 0.168 e. The smallest absolute Gasteiger partial charge is 0.168 e. The Morgan fingerprint density at radius 2 is 1.74 bits per heavy atom. The average Bonchev–Trinajstić information content (AvgIpc) is 3.47. The molecule has 4 heterocycles. The van der Waals surface area contributed by atoms with Crippen LogP contribution in [0, 0.1) is 13.8 Å². The molecule has 0 fully saturated rings. The number of hydrogen-bond donors (Lipinski definition) is 0. The lowest BCUT2D eigenvalue weighted by Gasteiger charge is -2.07. The van der Waals surface area contributed by atoms with Crippen molar-refractivity contribution in [2.75, 3.05) is 0 Å². The number of para-hydroxylation sites is 2. The van der Waals surface area contributed by atoms with E-state index < -0.39 is 0 Å². The molecule has 0 radical (unpaired) electrons. The molecule has 0 spiro atoms. The van der Waals surface area contributed by atoms with E-state index in [9.17, 15) is 0 Å². The van der Waals surface area contributed by atoms with Gasteiger partial charge in [0.2, 0.25) is 0 Å². The van der Waals surface area contributed by atoms with Crippen molar-refractivity contribution in [3.63, 3.8) is 0 Å². The Balaban J connectivity index is 1.40. The average molecular weight is 443 g/mol. The van der Waals surface area contributed by atoms with Gasteiger partial charge >= 0.3 is 0 Å². The Labute approximate surface area is 186 Å². The van der Waals surface area contributed by atoms with Crippen LogP contribution in [0.4, 0.5) is 0 Å². The van der Waals surface area contributed by atoms with Crippen LogP contribution in [0.15, 0.2) is 65.3 Å². The van der Waals surface area contributed by atoms with Gasteiger partial charge in [0.25, 0.3) is 0 Å². The first-order chi connectivity index (χ1) is 15.2. The molecule has 31 heavy (non-hydrogen) atoms. The lowest BCUT2D eigenvalue weighted by Crippen LogP contribution is -1.98. The van der Waals surface area contributed by atoms with E-state index in [0.717, 1.165) is 43.7 Å². The predicted molar refractivity (Wildman–Crippen MR) is 126 cm³/mol. The first kappa shape index (κ1) is 18.5. The fourth-order valence-corrected chi connectivity index (χ4v) is 5.81. The SMILES string of the molecule is Cc1c(C)n(-c2ccccc2)c2ncn3nc(CSc4nc5ccccc5s4)nc3c12. The third-order valence-electron chi connectivity index (χ3n) is 5.49. The van der Waals surface area contributed by atoms with Crippen molar-refractivity contribution in [3.05, 3.63) is 78.0 Å². The molecule has 2 aromatic carbocycles. The third-order valence-corrected chi connectivity index (χ3v) is 7.67. The molecule has 0 atom stereocenters. The van der Waals surface area contributed by atoms with Crippen LogP contribution >= 0.6 is 23.1 Å². The van der Waals surface area contributed by atoms with Gasteiger partial charge in [-0.3, -0.25) is 4.57 Å². The van der Waals surface area contributed by atoms with E-state index >= 15 is 0 Å². The molecule has 0 aliphatic rings. The second kappa shape index (κ2) is 7.18. The molecule has 0 unspecified atom stereocenters. The molecule has 0 N–H and O–H groups in total. The zero-order chi connectivity index (χ0) is 20.9. The van der Waals surface area contributed by atoms with Crippen LogP contribution in [-0.4, -0.2) is 29.1 Å². The first-order valence-electron chi connectivity index (χ1n) is 9.95. The summed E-state index contributed by atoms with van der Waals surface area (Å²) in [5, 5.41) is 5.72. The van der Waals surface area contributed by atoms with E-state index in [1.54, 1.807) is 33.9 Å². The van der Waals surface area contributed by atoms with E-state index in [1.807, 2.05) is 36.4 Å². The first-order valence-corrected chi connectivity index (χ1v) is 11.7. The summed E-state index contributed by atoms with van der Waals surface area (Å²) in [6.45, 7) is 4.25. The highest BCUT2D eigenvalue weighted by Crippen LogP contribution is 2.32. The predicted octanol–water partition coefficient (Wildman–Crippen LogP) is 5.59. The van der Waals surface area contributed by atoms with Crippen LogP contribution in [-0.2, 0) is 5.75 Å². The van der Waals surface area contributed by atoms with Gasteiger partial charge in [-0.25, -0.2) is 19.5 Å². The number of nitrogens with zero attached hydrogens (tertiary/aromatic N) is 6. The van der Waals surface area contributed by atoms with Gasteiger partial charge in [0.05, 0.1) is 21.4 Å². The molecule has 152 valence electrons. The third kappa shape index (κ3) is 3.02. The van der Waals surface area contributed by atoms with Crippen LogP contribution in [0.5, 0.6) is 0 Å². The summed E-state index contributed by atoms with van der Waals surface area (Å²) in [7, 11) is 0. The molecule has 6 aromatic rings. The minimum Gasteiger partial charge on any atom is -0.298 e. The highest BCUT2D eigenvalue weighted by atomic mass is 32.2. The van der Waals surface area contributed by atoms with Crippen molar-refractivity contribution in [2.24, 2.45) is 0 Å². The van der Waals surface area contributed by atoms with Crippen molar-refractivity contribution in [3.8, 4) is 5.69 Å². The van der Waals surface area contributed by atoms with E-state index in [-0.39, 0.29) is 0 Å². The number of thioether (sulfide) groups is 1. The fourth-order valence-electron chi connectivity index (χ4n) is 3.90. The summed E-state index contributed by atoms with van der Waals surface area (Å²) in [5.41, 5.74) is 6.23. The highest BCUT2D eigenvalue weighted by molar-refractivity contribution is 8.00. The molecular weight excluding hydrogens is 424 g/mol. The minimum absolute atomic E-state index is 0.667. The molecule has 0 saturated heterocycles. The van der Waals surface area contributed by atoms with E-state index in [4.69, 9.17) is 15.0 Å². The van der Waals surface area contributed by atoms with Crippen molar-refractivity contribution in [2.45, 2.75) is 23.9 Å². The van der Waals surface area contributed by atoms with Gasteiger partial charge in [-0.05, 0) is 43.7 Å². The molecule has 0 saturated carbocycles. The zero-order valence-corrected chi connectivity index (χ0v) is 18.6. The number of aromatic nitrogens is 6. The topological polar surface area (TPSA) is 60.9 Å². The Bertz CT molecular complexity index is 1530. The van der Waals surface area contributed by atoms with Gasteiger partial charge in [0.1, 0.15) is 6.33 Å². The number of fused-ring (bicyclic) bond motifs is 4. The summed E-state index contributed by atoms with van der Waals surface area (Å²) in [6.07, 6.45) is 1.76. The largest absolute Gasteiger partial charge is 0.298 e. The Hall–Kier alpha value is -3.23. The molecule has 8 heteroatoms. The van der Waals surface area contributed by atoms with Crippen LogP contribution in [0.25, 0.3) is 32.6 Å². The summed E-state index contributed by atoms with van der Waals surface area (Å²) in [4.78, 5) is 14.3. The quantitative estimate of drug-likeness (QED) is 0.333. The minimum atomic E-state index is 0.667. The van der Waals surface area contributed by atoms with Gasteiger partial charge in [0, 0.05) is 11.4 Å². The van der Waals surface area contributed by atoms with Crippen molar-refractivity contribution >= 4 is 50.0 Å². The number of benzene rings is 2. The van der Waals surface area contributed by atoms with Crippen LogP contribution in [0.1, 0.15) is 17.1 Å². The normalized spacial score (nSPS) is 11.8. The van der Waals surface area contributed by atoms with Crippen LogP contribution < -0.4 is 0 Å². The molecule has 0 amide bonds. The lowest BCUT2D eigenvalue weighted by molar-refractivity contribution is 0.897. The summed E-state index contributed by atoms with van der Waals surface area (Å²) in [5.74, 6) is 1.45. The summed E-state index contributed by atoms with van der Waals surface area (Å²) in [6, 6.07) is 18.5. The van der Waals surface area contributed by atoms with E-state index in [2.05, 4.69) is 41.7 Å². The standard InChI is InChI=1S/C23H18N6S2/c1-14-15(2)29(16-8-4-3-5-9-16)21-20(14)22-26-19(27-28(22)13-24-21)12-30-23-25-17-10-6-7-11-18(17)31-23/h3-11,13H,12H2,1-2H3. The van der Waals surface area contributed by atoms with Crippen molar-refractivity contribution < 1.29 is 0 Å². The van der Waals surface area contributed by atoms with Crippen LogP contribution in [0.2, 0.25) is 0 Å². The fraction of sp³-hybridized carbons (Fsp3) is 0.130. The van der Waals surface area contributed by atoms with Crippen LogP contribution in [0.3, 0.4) is 0 Å². The second-order valence-electron chi connectivity index (χ2n) is 7.36. The molecule has 6 rings (SSSR count). The maximum absolute atomic E-state index is 4.87. The Morgan fingerprint density at radius 1 is 0.935 bits per heavy atom. The summed E-state index contributed by atoms with van der Waals surface area (Å²) < 4.78 is 6.21. The van der Waals surface area contributed by atoms with Gasteiger partial charge < -0.3 is 0 Å². The van der Waals surface area contributed by atoms with E-state index in [1.165, 1.54) is 10.3 Å². The highest BCUT2D eigenvalue weighted by Gasteiger charge is 2.19. The number of thiazole rings is 1. The molecular formula is C23H18N6S2. The maximum atomic E-state index is 4.87. The Morgan fingerprint density at radius 3 is 2.58 bits per heavy atom.